The molecule has 1 unspecified atom stereocenters. The van der Waals surface area contributed by atoms with Gasteiger partial charge in [0.25, 0.3) is 0 Å². The molecular weight excluding hydrogens is 222 g/mol. The zero-order valence-corrected chi connectivity index (χ0v) is 10.2. The fourth-order valence-electron chi connectivity index (χ4n) is 2.46. The number of hydrogen-bond acceptors (Lipinski definition) is 2. The summed E-state index contributed by atoms with van der Waals surface area (Å²) >= 11 is 0. The van der Waals surface area contributed by atoms with Gasteiger partial charge in [0.15, 0.2) is 0 Å². The van der Waals surface area contributed by atoms with Crippen LogP contribution in [-0.4, -0.2) is 31.1 Å². The molecule has 16 heavy (non-hydrogen) atoms. The van der Waals surface area contributed by atoms with Crippen molar-refractivity contribution < 1.29 is 4.74 Å². The molecule has 0 saturated heterocycles. The fourth-order valence-corrected chi connectivity index (χ4v) is 2.46. The minimum atomic E-state index is 0. The van der Waals surface area contributed by atoms with Crippen LogP contribution in [0.2, 0.25) is 0 Å². The highest BCUT2D eigenvalue weighted by atomic mass is 35.5. The quantitative estimate of drug-likeness (QED) is 0.688. The predicted molar refractivity (Wildman–Crippen MR) is 68.2 cm³/mol. The number of benzene rings is 1. The molecule has 0 N–H and O–H groups in total. The molecule has 2 nitrogen and oxygen atoms in total. The van der Waals surface area contributed by atoms with Crippen molar-refractivity contribution in [3.8, 4) is 5.75 Å². The van der Waals surface area contributed by atoms with Gasteiger partial charge in [-0.15, -0.1) is 12.4 Å². The molecule has 1 aromatic rings. The van der Waals surface area contributed by atoms with Gasteiger partial charge < -0.3 is 4.74 Å². The molecule has 3 rings (SSSR count). The monoisotopic (exact) mass is 237 g/mol. The lowest BCUT2D eigenvalue weighted by molar-refractivity contribution is 0.183. The SMILES string of the molecule is CN1CCC=C2c3ccccc3OCC21.Cl. The maximum absolute atomic E-state index is 5.78. The van der Waals surface area contributed by atoms with Crippen LogP contribution in [0.5, 0.6) is 5.75 Å². The molecule has 1 aromatic carbocycles. The van der Waals surface area contributed by atoms with E-state index in [4.69, 9.17) is 4.74 Å². The summed E-state index contributed by atoms with van der Waals surface area (Å²) in [6.07, 6.45) is 3.52. The van der Waals surface area contributed by atoms with E-state index in [-0.39, 0.29) is 12.4 Å². The number of likely N-dealkylation sites (N-methyl/N-ethyl adjacent to an activating group) is 1. The van der Waals surface area contributed by atoms with Crippen LogP contribution in [0.1, 0.15) is 12.0 Å². The Kier molecular flexibility index (Phi) is 3.22. The minimum absolute atomic E-state index is 0. The van der Waals surface area contributed by atoms with Crippen LogP contribution in [0, 0.1) is 0 Å². The van der Waals surface area contributed by atoms with Gasteiger partial charge in [-0.1, -0.05) is 24.3 Å². The third kappa shape index (κ3) is 1.72. The summed E-state index contributed by atoms with van der Waals surface area (Å²) < 4.78 is 5.78. The lowest BCUT2D eigenvalue weighted by atomic mass is 9.91. The first kappa shape index (κ1) is 11.5. The zero-order chi connectivity index (χ0) is 10.3. The minimum Gasteiger partial charge on any atom is -0.491 e. The molecular formula is C13H16ClNO. The topological polar surface area (TPSA) is 12.5 Å². The first-order valence-corrected chi connectivity index (χ1v) is 5.49. The van der Waals surface area contributed by atoms with Crippen LogP contribution in [-0.2, 0) is 0 Å². The van der Waals surface area contributed by atoms with Gasteiger partial charge >= 0.3 is 0 Å². The summed E-state index contributed by atoms with van der Waals surface area (Å²) in [6.45, 7) is 1.93. The van der Waals surface area contributed by atoms with E-state index >= 15 is 0 Å². The largest absolute Gasteiger partial charge is 0.491 e. The Balaban J connectivity index is 0.000000963. The number of para-hydroxylation sites is 1. The van der Waals surface area contributed by atoms with Crippen LogP contribution < -0.4 is 4.74 Å². The van der Waals surface area contributed by atoms with Gasteiger partial charge in [0.1, 0.15) is 12.4 Å². The Morgan fingerprint density at radius 2 is 2.12 bits per heavy atom. The Labute approximate surface area is 102 Å². The summed E-state index contributed by atoms with van der Waals surface area (Å²) in [7, 11) is 2.18. The Morgan fingerprint density at radius 3 is 3.00 bits per heavy atom. The second kappa shape index (κ2) is 4.48. The van der Waals surface area contributed by atoms with Crippen molar-refractivity contribution in [1.82, 2.24) is 4.90 Å². The first-order valence-electron chi connectivity index (χ1n) is 5.49. The van der Waals surface area contributed by atoms with Crippen molar-refractivity contribution in [3.05, 3.63) is 35.9 Å². The van der Waals surface area contributed by atoms with Crippen molar-refractivity contribution in [3.63, 3.8) is 0 Å². The van der Waals surface area contributed by atoms with E-state index in [0.717, 1.165) is 25.3 Å². The maximum atomic E-state index is 5.78. The number of hydrogen-bond donors (Lipinski definition) is 0. The molecule has 0 spiro atoms. The molecule has 0 amide bonds. The zero-order valence-electron chi connectivity index (χ0n) is 9.35. The smallest absolute Gasteiger partial charge is 0.126 e. The summed E-state index contributed by atoms with van der Waals surface area (Å²) in [5, 5.41) is 0. The maximum Gasteiger partial charge on any atom is 0.126 e. The molecule has 86 valence electrons. The molecule has 3 heteroatoms. The van der Waals surface area contributed by atoms with Gasteiger partial charge in [-0.2, -0.15) is 0 Å². The number of ether oxygens (including phenoxy) is 1. The molecule has 2 heterocycles. The Hall–Kier alpha value is -0.990. The van der Waals surface area contributed by atoms with Gasteiger partial charge in [0, 0.05) is 12.1 Å². The van der Waals surface area contributed by atoms with Crippen LogP contribution in [0.4, 0.5) is 0 Å². The van der Waals surface area contributed by atoms with E-state index in [0.29, 0.717) is 6.04 Å². The molecule has 2 aliphatic heterocycles. The number of nitrogens with zero attached hydrogens (tertiary/aromatic N) is 1. The van der Waals surface area contributed by atoms with Crippen LogP contribution in [0.3, 0.4) is 0 Å². The molecule has 1 atom stereocenters. The summed E-state index contributed by atoms with van der Waals surface area (Å²) in [5.74, 6) is 1.04. The Bertz CT molecular complexity index is 416. The van der Waals surface area contributed by atoms with E-state index in [2.05, 4.69) is 36.2 Å². The first-order chi connectivity index (χ1) is 7.36. The molecule has 0 aliphatic carbocycles. The predicted octanol–water partition coefficient (Wildman–Crippen LogP) is 2.59. The highest BCUT2D eigenvalue weighted by Crippen LogP contribution is 2.36. The van der Waals surface area contributed by atoms with Crippen LogP contribution in [0.25, 0.3) is 5.57 Å². The highest BCUT2D eigenvalue weighted by Gasteiger charge is 2.29. The van der Waals surface area contributed by atoms with E-state index in [1.54, 1.807) is 0 Å². The van der Waals surface area contributed by atoms with Crippen molar-refractivity contribution in [2.24, 2.45) is 0 Å². The molecule has 0 fully saturated rings. The molecule has 0 bridgehead atoms. The van der Waals surface area contributed by atoms with E-state index in [1.807, 2.05) is 6.07 Å². The third-order valence-corrected chi connectivity index (χ3v) is 3.33. The third-order valence-electron chi connectivity index (χ3n) is 3.33. The van der Waals surface area contributed by atoms with Crippen LogP contribution in [0.15, 0.2) is 30.3 Å². The van der Waals surface area contributed by atoms with Crippen molar-refractivity contribution in [2.45, 2.75) is 12.5 Å². The molecule has 2 aliphatic rings. The summed E-state index contributed by atoms with van der Waals surface area (Å²) in [6, 6.07) is 8.79. The standard InChI is InChI=1S/C13H15NO.ClH/c1-14-8-4-6-10-11-5-2-3-7-13(11)15-9-12(10)14;/h2-3,5-7,12H,4,8-9H2,1H3;1H. The van der Waals surface area contributed by atoms with Gasteiger partial charge in [-0.05, 0) is 25.1 Å². The Morgan fingerprint density at radius 1 is 1.31 bits per heavy atom. The average molecular weight is 238 g/mol. The number of rotatable bonds is 0. The lowest BCUT2D eigenvalue weighted by Crippen LogP contribution is -2.42. The molecule has 0 saturated carbocycles. The number of halogens is 1. The van der Waals surface area contributed by atoms with Gasteiger partial charge in [-0.25, -0.2) is 0 Å². The van der Waals surface area contributed by atoms with Gasteiger partial charge in [-0.3, -0.25) is 4.90 Å². The van der Waals surface area contributed by atoms with Crippen molar-refractivity contribution in [1.29, 1.82) is 0 Å². The number of fused-ring (bicyclic) bond motifs is 3. The normalized spacial score (nSPS) is 23.3. The van der Waals surface area contributed by atoms with E-state index in [1.165, 1.54) is 11.1 Å². The lowest BCUT2D eigenvalue weighted by Gasteiger charge is -2.37. The second-order valence-corrected chi connectivity index (χ2v) is 4.25. The highest BCUT2D eigenvalue weighted by molar-refractivity contribution is 5.85. The molecule has 0 radical (unpaired) electrons. The van der Waals surface area contributed by atoms with E-state index in [9.17, 15) is 0 Å². The van der Waals surface area contributed by atoms with Gasteiger partial charge in [0.05, 0.1) is 6.04 Å². The average Bonchev–Trinajstić information content (AvgIpc) is 2.29. The summed E-state index contributed by atoms with van der Waals surface area (Å²) in [4.78, 5) is 2.38. The summed E-state index contributed by atoms with van der Waals surface area (Å²) in [5.41, 5.74) is 2.73. The van der Waals surface area contributed by atoms with Crippen molar-refractivity contribution >= 4 is 18.0 Å². The molecule has 0 aromatic heterocycles. The van der Waals surface area contributed by atoms with Crippen molar-refractivity contribution in [2.75, 3.05) is 20.2 Å². The fraction of sp³-hybridized carbons (Fsp3) is 0.385. The second-order valence-electron chi connectivity index (χ2n) is 4.25. The van der Waals surface area contributed by atoms with Crippen LogP contribution >= 0.6 is 12.4 Å². The van der Waals surface area contributed by atoms with E-state index < -0.39 is 0 Å². The van der Waals surface area contributed by atoms with Gasteiger partial charge in [0.2, 0.25) is 0 Å².